The van der Waals surface area contributed by atoms with E-state index in [0.29, 0.717) is 36.7 Å². The van der Waals surface area contributed by atoms with Crippen LogP contribution >= 0.6 is 11.6 Å². The molecule has 0 saturated carbocycles. The first kappa shape index (κ1) is 29.7. The zero-order valence-corrected chi connectivity index (χ0v) is 24.0. The molecular formula is C33H38ClN3O3. The van der Waals surface area contributed by atoms with Crippen molar-refractivity contribution in [1.29, 1.82) is 0 Å². The van der Waals surface area contributed by atoms with E-state index in [1.165, 1.54) is 7.11 Å². The van der Waals surface area contributed by atoms with Crippen LogP contribution in [-0.4, -0.2) is 46.9 Å². The van der Waals surface area contributed by atoms with Crippen molar-refractivity contribution in [2.24, 2.45) is 9.98 Å². The highest BCUT2D eigenvalue weighted by Gasteiger charge is 2.40. The number of nitrogens with zero attached hydrogens (tertiary/aromatic N) is 2. The van der Waals surface area contributed by atoms with Crippen LogP contribution in [-0.2, 0) is 35.3 Å². The Hall–Kier alpha value is -3.32. The lowest BCUT2D eigenvalue weighted by Gasteiger charge is -2.33. The van der Waals surface area contributed by atoms with Crippen molar-refractivity contribution in [2.45, 2.75) is 63.2 Å². The van der Waals surface area contributed by atoms with Crippen LogP contribution in [0, 0.1) is 0 Å². The highest BCUT2D eigenvalue weighted by molar-refractivity contribution is 6.84. The largest absolute Gasteiger partial charge is 0.468 e. The van der Waals surface area contributed by atoms with Gasteiger partial charge in [-0.25, -0.2) is 4.99 Å². The first-order chi connectivity index (χ1) is 19.4. The van der Waals surface area contributed by atoms with E-state index in [4.69, 9.17) is 21.3 Å². The van der Waals surface area contributed by atoms with Crippen molar-refractivity contribution < 1.29 is 14.6 Å². The maximum absolute atomic E-state index is 13.4. The number of carbonyl (C=O) groups excluding carboxylic acids is 1. The van der Waals surface area contributed by atoms with E-state index < -0.39 is 11.2 Å². The molecule has 210 valence electrons. The summed E-state index contributed by atoms with van der Waals surface area (Å²) in [4.78, 5) is 22.8. The second-order valence-electron chi connectivity index (χ2n) is 10.5. The summed E-state index contributed by atoms with van der Waals surface area (Å²) in [7, 11) is 1.44. The monoisotopic (exact) mass is 559 g/mol. The molecule has 0 spiro atoms. The summed E-state index contributed by atoms with van der Waals surface area (Å²) in [5.74, 6) is -0.289. The van der Waals surface area contributed by atoms with Gasteiger partial charge in [-0.3, -0.25) is 15.1 Å². The molecular weight excluding hydrogens is 522 g/mol. The summed E-state index contributed by atoms with van der Waals surface area (Å²) in [6.45, 7) is 2.41. The van der Waals surface area contributed by atoms with Gasteiger partial charge in [-0.2, -0.15) is 0 Å². The maximum atomic E-state index is 13.4. The van der Waals surface area contributed by atoms with Crippen LogP contribution in [0.25, 0.3) is 0 Å². The Morgan fingerprint density at radius 1 is 0.900 bits per heavy atom. The van der Waals surface area contributed by atoms with Crippen LogP contribution in [0.3, 0.4) is 0 Å². The number of benzene rings is 3. The first-order valence-corrected chi connectivity index (χ1v) is 14.2. The fraction of sp³-hybridized carbons (Fsp3) is 0.364. The van der Waals surface area contributed by atoms with Crippen molar-refractivity contribution in [2.75, 3.05) is 13.7 Å². The number of esters is 1. The van der Waals surface area contributed by atoms with Gasteiger partial charge >= 0.3 is 5.97 Å². The van der Waals surface area contributed by atoms with Crippen LogP contribution in [0.1, 0.15) is 48.4 Å². The summed E-state index contributed by atoms with van der Waals surface area (Å²) in [5.41, 5.74) is 3.10. The Morgan fingerprint density at radius 2 is 1.48 bits per heavy atom. The van der Waals surface area contributed by atoms with Gasteiger partial charge in [0.1, 0.15) is 16.4 Å². The van der Waals surface area contributed by atoms with Crippen LogP contribution < -0.4 is 5.32 Å². The molecule has 7 heteroatoms. The lowest BCUT2D eigenvalue weighted by molar-refractivity contribution is -0.148. The molecule has 0 fully saturated rings. The van der Waals surface area contributed by atoms with Crippen molar-refractivity contribution in [3.8, 4) is 0 Å². The van der Waals surface area contributed by atoms with E-state index in [1.54, 1.807) is 0 Å². The van der Waals surface area contributed by atoms with Gasteiger partial charge < -0.3 is 9.84 Å². The zero-order chi connectivity index (χ0) is 28.4. The lowest BCUT2D eigenvalue weighted by atomic mass is 9.84. The predicted molar refractivity (Wildman–Crippen MR) is 162 cm³/mol. The third kappa shape index (κ3) is 7.45. The summed E-state index contributed by atoms with van der Waals surface area (Å²) in [5, 5.41) is 13.5. The molecule has 0 amide bonds. The summed E-state index contributed by atoms with van der Waals surface area (Å²) >= 11 is 6.28. The smallest absolute Gasteiger partial charge is 0.326 e. The topological polar surface area (TPSA) is 83.3 Å². The molecule has 1 aliphatic heterocycles. The van der Waals surface area contributed by atoms with Gasteiger partial charge in [-0.05, 0) is 35.1 Å². The zero-order valence-electron chi connectivity index (χ0n) is 23.3. The lowest BCUT2D eigenvalue weighted by Crippen LogP contribution is -2.55. The molecule has 1 atom stereocenters. The number of aliphatic imine (C=N–C) groups is 2. The second-order valence-corrected chi connectivity index (χ2v) is 10.8. The Labute approximate surface area is 242 Å². The minimum atomic E-state index is -0.939. The number of halogens is 1. The van der Waals surface area contributed by atoms with Gasteiger partial charge in [0.2, 0.25) is 0 Å². The summed E-state index contributed by atoms with van der Waals surface area (Å²) in [6, 6.07) is 28.3. The van der Waals surface area contributed by atoms with Crippen molar-refractivity contribution in [3.63, 3.8) is 0 Å². The van der Waals surface area contributed by atoms with Crippen LogP contribution in [0.15, 0.2) is 94.9 Å². The number of hydrogen-bond donors (Lipinski definition) is 2. The number of ether oxygens (including phenoxy) is 1. The molecule has 3 aromatic rings. The molecule has 1 heterocycles. The number of carbonyl (C=O) groups is 1. The summed E-state index contributed by atoms with van der Waals surface area (Å²) < 4.78 is 5.36. The average molecular weight is 560 g/mol. The van der Waals surface area contributed by atoms with E-state index in [0.717, 1.165) is 41.5 Å². The fourth-order valence-corrected chi connectivity index (χ4v) is 5.53. The maximum Gasteiger partial charge on any atom is 0.326 e. The average Bonchev–Trinajstić information content (AvgIpc) is 3.31. The van der Waals surface area contributed by atoms with Crippen LogP contribution in [0.2, 0.25) is 0 Å². The van der Waals surface area contributed by atoms with Crippen LogP contribution in [0.5, 0.6) is 0 Å². The molecule has 2 N–H and O–H groups in total. The number of rotatable bonds is 14. The standard InChI is InChI=1S/C33H38ClN3O3/c1-3-4-19-33(36-29(24-38)30(34)37-33)22-27-15-17-28(18-16-27)23-35-32(31(39)40-2,20-25-11-7-5-8-12-25)21-26-13-9-6-10-14-26/h5-18,35,38H,3-4,19-24H2,1-2H3. The normalized spacial score (nSPS) is 16.9. The fourth-order valence-electron chi connectivity index (χ4n) is 5.27. The number of hydrogen-bond acceptors (Lipinski definition) is 6. The highest BCUT2D eigenvalue weighted by atomic mass is 35.5. The molecule has 0 aromatic heterocycles. The molecule has 1 unspecified atom stereocenters. The first-order valence-electron chi connectivity index (χ1n) is 13.9. The molecule has 4 rings (SSSR count). The van der Waals surface area contributed by atoms with Gasteiger partial charge in [0, 0.05) is 25.8 Å². The van der Waals surface area contributed by atoms with E-state index in [1.807, 2.05) is 60.7 Å². The van der Waals surface area contributed by atoms with Crippen molar-refractivity contribution >= 4 is 28.5 Å². The molecule has 0 saturated heterocycles. The highest BCUT2D eigenvalue weighted by Crippen LogP contribution is 2.32. The van der Waals surface area contributed by atoms with Gasteiger partial charge in [0.15, 0.2) is 5.66 Å². The number of unbranched alkanes of at least 4 members (excludes halogenated alkanes) is 1. The van der Waals surface area contributed by atoms with E-state index in [9.17, 15) is 9.90 Å². The van der Waals surface area contributed by atoms with Gasteiger partial charge in [-0.15, -0.1) is 0 Å². The van der Waals surface area contributed by atoms with Crippen molar-refractivity contribution in [1.82, 2.24) is 5.32 Å². The van der Waals surface area contributed by atoms with Gasteiger partial charge in [-0.1, -0.05) is 110 Å². The number of nitrogens with one attached hydrogen (secondary N) is 1. The quantitative estimate of drug-likeness (QED) is 0.249. The Bertz CT molecular complexity index is 1270. The molecule has 3 aromatic carbocycles. The molecule has 40 heavy (non-hydrogen) atoms. The van der Waals surface area contributed by atoms with Crippen molar-refractivity contribution in [3.05, 3.63) is 107 Å². The van der Waals surface area contributed by atoms with Gasteiger partial charge in [0.25, 0.3) is 0 Å². The van der Waals surface area contributed by atoms with E-state index in [-0.39, 0.29) is 12.6 Å². The third-order valence-electron chi connectivity index (χ3n) is 7.38. The molecule has 6 nitrogen and oxygen atoms in total. The van der Waals surface area contributed by atoms with E-state index in [2.05, 4.69) is 41.5 Å². The third-order valence-corrected chi connectivity index (χ3v) is 7.69. The SMILES string of the molecule is CCCCC1(Cc2ccc(CNC(Cc3ccccc3)(Cc3ccccc3)C(=O)OC)cc2)N=C(Cl)C(CO)=N1. The molecule has 0 radical (unpaired) electrons. The Balaban J connectivity index is 1.54. The number of aliphatic hydroxyl groups excluding tert-OH is 1. The van der Waals surface area contributed by atoms with Gasteiger partial charge in [0.05, 0.1) is 13.7 Å². The number of methoxy groups -OCH3 is 1. The predicted octanol–water partition coefficient (Wildman–Crippen LogP) is 5.69. The second kappa shape index (κ2) is 13.8. The number of aliphatic hydroxyl groups is 1. The summed E-state index contributed by atoms with van der Waals surface area (Å²) in [6.07, 6.45) is 4.37. The van der Waals surface area contributed by atoms with E-state index >= 15 is 0 Å². The molecule has 0 bridgehead atoms. The minimum absolute atomic E-state index is 0.214. The molecule has 0 aliphatic carbocycles. The Kier molecular flexibility index (Phi) is 10.3. The van der Waals surface area contributed by atoms with Crippen LogP contribution in [0.4, 0.5) is 0 Å². The Morgan fingerprint density at radius 3 is 1.98 bits per heavy atom. The minimum Gasteiger partial charge on any atom is -0.468 e. The molecule has 1 aliphatic rings.